The van der Waals surface area contributed by atoms with Crippen LogP contribution in [-0.2, 0) is 0 Å². The number of ether oxygens (including phenoxy) is 1. The molecule has 0 aliphatic rings. The van der Waals surface area contributed by atoms with Crippen molar-refractivity contribution in [3.05, 3.63) is 24.3 Å². The van der Waals surface area contributed by atoms with Gasteiger partial charge in [-0.25, -0.2) is 0 Å². The Balaban J connectivity index is 2.17. The fourth-order valence-electron chi connectivity index (χ4n) is 1.67. The van der Waals surface area contributed by atoms with Crippen LogP contribution in [0.2, 0.25) is 0 Å². The minimum Gasteiger partial charge on any atom is -0.490 e. The molecule has 0 amide bonds. The molecule has 0 atom stereocenters. The van der Waals surface area contributed by atoms with E-state index < -0.39 is 0 Å². The molecule has 1 aromatic rings. The maximum absolute atomic E-state index is 5.80. The van der Waals surface area contributed by atoms with Crippen molar-refractivity contribution in [3.63, 3.8) is 0 Å². The average Bonchev–Trinajstić information content (AvgIpc) is 2.32. The highest BCUT2D eigenvalue weighted by Crippen LogP contribution is 2.19. The number of benzene rings is 1. The summed E-state index contributed by atoms with van der Waals surface area (Å²) >= 11 is 0. The van der Waals surface area contributed by atoms with E-state index in [1.54, 1.807) is 0 Å². The zero-order chi connectivity index (χ0) is 12.5. The first-order chi connectivity index (χ1) is 8.24. The molecule has 0 radical (unpaired) electrons. The van der Waals surface area contributed by atoms with Crippen molar-refractivity contribution >= 4 is 5.69 Å². The first-order valence-corrected chi connectivity index (χ1v) is 6.40. The number of nitrogen functional groups attached to an aromatic ring is 1. The molecule has 0 saturated carbocycles. The number of likely N-dealkylation sites (N-methyl/N-ethyl adjacent to an activating group) is 1. The van der Waals surface area contributed by atoms with Crippen molar-refractivity contribution in [2.24, 2.45) is 0 Å². The van der Waals surface area contributed by atoms with E-state index >= 15 is 0 Å². The molecule has 0 unspecified atom stereocenters. The van der Waals surface area contributed by atoms with E-state index in [0.29, 0.717) is 12.3 Å². The Kier molecular flexibility index (Phi) is 6.48. The van der Waals surface area contributed by atoms with Crippen LogP contribution < -0.4 is 10.5 Å². The first-order valence-electron chi connectivity index (χ1n) is 6.40. The molecule has 0 aromatic heterocycles. The average molecular weight is 236 g/mol. The molecule has 0 aliphatic carbocycles. The molecule has 1 rings (SSSR count). The van der Waals surface area contributed by atoms with E-state index in [-0.39, 0.29) is 0 Å². The lowest BCUT2D eigenvalue weighted by molar-refractivity contribution is 0.235. The van der Waals surface area contributed by atoms with Crippen LogP contribution in [0.1, 0.15) is 26.2 Å². The van der Waals surface area contributed by atoms with E-state index in [2.05, 4.69) is 18.9 Å². The van der Waals surface area contributed by atoms with Gasteiger partial charge in [0.15, 0.2) is 0 Å². The van der Waals surface area contributed by atoms with Gasteiger partial charge in [0.05, 0.1) is 5.69 Å². The Morgan fingerprint density at radius 2 is 1.94 bits per heavy atom. The summed E-state index contributed by atoms with van der Waals surface area (Å²) in [7, 11) is 2.13. The monoisotopic (exact) mass is 236 g/mol. The number of unbranched alkanes of at least 4 members (excludes halogenated alkanes) is 2. The summed E-state index contributed by atoms with van der Waals surface area (Å²) in [5.74, 6) is 0.787. The molecule has 3 heteroatoms. The Morgan fingerprint density at radius 1 is 1.18 bits per heavy atom. The first kappa shape index (κ1) is 13.8. The third kappa shape index (κ3) is 5.59. The molecular weight excluding hydrogens is 212 g/mol. The van der Waals surface area contributed by atoms with Crippen molar-refractivity contribution in [3.8, 4) is 5.75 Å². The summed E-state index contributed by atoms with van der Waals surface area (Å²) in [6.45, 7) is 5.00. The maximum Gasteiger partial charge on any atom is 0.142 e. The third-order valence-corrected chi connectivity index (χ3v) is 2.79. The summed E-state index contributed by atoms with van der Waals surface area (Å²) in [6, 6.07) is 7.63. The van der Waals surface area contributed by atoms with Gasteiger partial charge in [0.1, 0.15) is 12.4 Å². The highest BCUT2D eigenvalue weighted by atomic mass is 16.5. The van der Waals surface area contributed by atoms with Gasteiger partial charge in [-0.1, -0.05) is 31.9 Å². The van der Waals surface area contributed by atoms with Gasteiger partial charge in [-0.05, 0) is 32.1 Å². The maximum atomic E-state index is 5.80. The highest BCUT2D eigenvalue weighted by molar-refractivity contribution is 5.51. The molecule has 3 nitrogen and oxygen atoms in total. The zero-order valence-corrected chi connectivity index (χ0v) is 11.0. The Labute approximate surface area is 105 Å². The van der Waals surface area contributed by atoms with Gasteiger partial charge in [-0.15, -0.1) is 0 Å². The minimum atomic E-state index is 0.691. The summed E-state index contributed by atoms with van der Waals surface area (Å²) in [6.07, 6.45) is 3.84. The second-order valence-corrected chi connectivity index (χ2v) is 4.40. The number of nitrogens with zero attached hydrogens (tertiary/aromatic N) is 1. The van der Waals surface area contributed by atoms with Gasteiger partial charge in [0.25, 0.3) is 0 Å². The van der Waals surface area contributed by atoms with Crippen molar-refractivity contribution in [1.29, 1.82) is 0 Å². The number of hydrogen-bond donors (Lipinski definition) is 1. The van der Waals surface area contributed by atoms with Crippen LogP contribution in [-0.4, -0.2) is 31.6 Å². The molecule has 0 bridgehead atoms. The van der Waals surface area contributed by atoms with Gasteiger partial charge in [-0.3, -0.25) is 0 Å². The Bertz CT molecular complexity index is 315. The summed E-state index contributed by atoms with van der Waals surface area (Å²) in [5.41, 5.74) is 6.51. The molecule has 17 heavy (non-hydrogen) atoms. The summed E-state index contributed by atoms with van der Waals surface area (Å²) in [5, 5.41) is 0. The van der Waals surface area contributed by atoms with Crippen LogP contribution in [0, 0.1) is 0 Å². The van der Waals surface area contributed by atoms with Gasteiger partial charge in [-0.2, -0.15) is 0 Å². The van der Waals surface area contributed by atoms with E-state index in [9.17, 15) is 0 Å². The van der Waals surface area contributed by atoms with Crippen LogP contribution in [0.3, 0.4) is 0 Å². The normalized spacial score (nSPS) is 10.8. The predicted molar refractivity (Wildman–Crippen MR) is 73.4 cm³/mol. The fraction of sp³-hybridized carbons (Fsp3) is 0.571. The Hall–Kier alpha value is -1.22. The van der Waals surface area contributed by atoms with E-state index in [0.717, 1.165) is 18.8 Å². The molecule has 1 aromatic carbocycles. The van der Waals surface area contributed by atoms with Gasteiger partial charge in [0, 0.05) is 6.54 Å². The molecule has 0 spiro atoms. The molecular formula is C14H24N2O. The standard InChI is InChI=1S/C14H24N2O/c1-3-4-7-10-16(2)11-12-17-14-9-6-5-8-13(14)15/h5-6,8-9H,3-4,7,10-12,15H2,1-2H3. The summed E-state index contributed by atoms with van der Waals surface area (Å²) < 4.78 is 5.65. The van der Waals surface area contributed by atoms with Gasteiger partial charge >= 0.3 is 0 Å². The van der Waals surface area contributed by atoms with Crippen molar-refractivity contribution in [1.82, 2.24) is 4.90 Å². The second kappa shape index (κ2) is 7.96. The van der Waals surface area contributed by atoms with Crippen LogP contribution in [0.15, 0.2) is 24.3 Å². The van der Waals surface area contributed by atoms with Crippen LogP contribution in [0.25, 0.3) is 0 Å². The molecule has 0 fully saturated rings. The van der Waals surface area contributed by atoms with Crippen LogP contribution in [0.4, 0.5) is 5.69 Å². The predicted octanol–water partition coefficient (Wildman–Crippen LogP) is 2.77. The van der Waals surface area contributed by atoms with Crippen molar-refractivity contribution in [2.45, 2.75) is 26.2 Å². The van der Waals surface area contributed by atoms with Crippen LogP contribution >= 0.6 is 0 Å². The second-order valence-electron chi connectivity index (χ2n) is 4.40. The number of para-hydroxylation sites is 2. The van der Waals surface area contributed by atoms with Gasteiger partial charge < -0.3 is 15.4 Å². The third-order valence-electron chi connectivity index (χ3n) is 2.79. The van der Waals surface area contributed by atoms with Crippen LogP contribution in [0.5, 0.6) is 5.75 Å². The lowest BCUT2D eigenvalue weighted by Gasteiger charge is -2.17. The molecule has 0 heterocycles. The fourth-order valence-corrected chi connectivity index (χ4v) is 1.67. The highest BCUT2D eigenvalue weighted by Gasteiger charge is 2.00. The van der Waals surface area contributed by atoms with Crippen molar-refractivity contribution < 1.29 is 4.74 Å². The summed E-state index contributed by atoms with van der Waals surface area (Å²) in [4.78, 5) is 2.30. The lowest BCUT2D eigenvalue weighted by atomic mass is 10.2. The van der Waals surface area contributed by atoms with E-state index in [1.807, 2.05) is 24.3 Å². The molecule has 0 aliphatic heterocycles. The number of rotatable bonds is 8. The topological polar surface area (TPSA) is 38.5 Å². The SMILES string of the molecule is CCCCCN(C)CCOc1ccccc1N. The minimum absolute atomic E-state index is 0.691. The van der Waals surface area contributed by atoms with E-state index in [4.69, 9.17) is 10.5 Å². The quantitative estimate of drug-likeness (QED) is 0.557. The zero-order valence-electron chi connectivity index (χ0n) is 11.0. The lowest BCUT2D eigenvalue weighted by Crippen LogP contribution is -2.25. The van der Waals surface area contributed by atoms with Crippen molar-refractivity contribution in [2.75, 3.05) is 32.5 Å². The molecule has 2 N–H and O–H groups in total. The smallest absolute Gasteiger partial charge is 0.142 e. The van der Waals surface area contributed by atoms with Gasteiger partial charge in [0.2, 0.25) is 0 Å². The molecule has 96 valence electrons. The largest absolute Gasteiger partial charge is 0.490 e. The number of hydrogen-bond acceptors (Lipinski definition) is 3. The molecule has 0 saturated heterocycles. The number of anilines is 1. The van der Waals surface area contributed by atoms with E-state index in [1.165, 1.54) is 19.3 Å². The number of nitrogens with two attached hydrogens (primary N) is 1. The Morgan fingerprint density at radius 3 is 2.65 bits per heavy atom.